The van der Waals surface area contributed by atoms with Gasteiger partial charge in [0.25, 0.3) is 0 Å². The van der Waals surface area contributed by atoms with Gasteiger partial charge in [-0.2, -0.15) is 0 Å². The third-order valence-electron chi connectivity index (χ3n) is 3.39. The first-order chi connectivity index (χ1) is 8.70. The summed E-state index contributed by atoms with van der Waals surface area (Å²) < 4.78 is 0. The van der Waals surface area contributed by atoms with Gasteiger partial charge in [0.15, 0.2) is 0 Å². The van der Waals surface area contributed by atoms with Crippen molar-refractivity contribution in [2.75, 3.05) is 44.2 Å². The molecule has 1 atom stereocenters. The van der Waals surface area contributed by atoms with E-state index in [9.17, 15) is 0 Å². The molecule has 2 rings (SSSR count). The average Bonchev–Trinajstić information content (AvgIpc) is 2.40. The van der Waals surface area contributed by atoms with Crippen LogP contribution in [0.5, 0.6) is 0 Å². The number of β-amino-alcohol motifs (C(OH)–C–C–N with tert-alkyl or cyclic N) is 1. The minimum atomic E-state index is -0.0135. The molecule has 18 heavy (non-hydrogen) atoms. The Kier molecular flexibility index (Phi) is 4.52. The molecule has 0 saturated carbocycles. The molecular weight excluding hydrogens is 228 g/mol. The highest BCUT2D eigenvalue weighted by Gasteiger charge is 2.16. The van der Waals surface area contributed by atoms with Crippen LogP contribution in [0.25, 0.3) is 0 Å². The van der Waals surface area contributed by atoms with Crippen molar-refractivity contribution in [1.82, 2.24) is 9.88 Å². The van der Waals surface area contributed by atoms with E-state index in [4.69, 9.17) is 10.8 Å². The number of pyridine rings is 1. The molecule has 1 aromatic rings. The van der Waals surface area contributed by atoms with Crippen molar-refractivity contribution < 1.29 is 5.11 Å². The summed E-state index contributed by atoms with van der Waals surface area (Å²) in [5.41, 5.74) is 7.87. The molecule has 0 radical (unpaired) electrons. The lowest BCUT2D eigenvalue weighted by Crippen LogP contribution is -2.47. The predicted molar refractivity (Wildman–Crippen MR) is 72.6 cm³/mol. The Balaban J connectivity index is 1.93. The molecule has 1 aliphatic heterocycles. The fourth-order valence-electron chi connectivity index (χ4n) is 2.23. The van der Waals surface area contributed by atoms with Gasteiger partial charge in [-0.05, 0) is 19.1 Å². The van der Waals surface area contributed by atoms with Crippen molar-refractivity contribution in [2.45, 2.75) is 13.0 Å². The first-order valence-corrected chi connectivity index (χ1v) is 6.50. The van der Waals surface area contributed by atoms with E-state index in [1.807, 2.05) is 19.2 Å². The fourth-order valence-corrected chi connectivity index (χ4v) is 2.23. The Morgan fingerprint density at radius 3 is 2.56 bits per heavy atom. The maximum absolute atomic E-state index is 8.91. The summed E-state index contributed by atoms with van der Waals surface area (Å²) >= 11 is 0. The number of piperazine rings is 1. The van der Waals surface area contributed by atoms with Crippen LogP contribution in [0.2, 0.25) is 0 Å². The highest BCUT2D eigenvalue weighted by molar-refractivity contribution is 5.45. The fraction of sp³-hybridized carbons (Fsp3) is 0.615. The topological polar surface area (TPSA) is 65.6 Å². The van der Waals surface area contributed by atoms with E-state index in [-0.39, 0.29) is 12.6 Å². The molecule has 1 saturated heterocycles. The molecule has 0 spiro atoms. The molecule has 0 amide bonds. The van der Waals surface area contributed by atoms with Crippen molar-refractivity contribution in [3.05, 3.63) is 24.0 Å². The van der Waals surface area contributed by atoms with E-state index in [2.05, 4.69) is 20.9 Å². The van der Waals surface area contributed by atoms with Crippen LogP contribution in [0.4, 0.5) is 5.69 Å². The van der Waals surface area contributed by atoms with Gasteiger partial charge in [0.2, 0.25) is 0 Å². The SMILES string of the molecule is C[C@H](N)c1ccc(N2CCN(CCO)CC2)cn1. The molecule has 0 aliphatic carbocycles. The maximum atomic E-state index is 8.91. The van der Waals surface area contributed by atoms with E-state index in [1.165, 1.54) is 0 Å². The Hall–Kier alpha value is -1.17. The second kappa shape index (κ2) is 6.13. The zero-order valence-electron chi connectivity index (χ0n) is 10.9. The molecule has 0 unspecified atom stereocenters. The number of nitrogens with two attached hydrogens (primary N) is 1. The van der Waals surface area contributed by atoms with Crippen LogP contribution in [0.3, 0.4) is 0 Å². The van der Waals surface area contributed by atoms with Crippen LogP contribution in [0.1, 0.15) is 18.7 Å². The Morgan fingerprint density at radius 1 is 1.33 bits per heavy atom. The third-order valence-corrected chi connectivity index (χ3v) is 3.39. The van der Waals surface area contributed by atoms with Gasteiger partial charge >= 0.3 is 0 Å². The van der Waals surface area contributed by atoms with E-state index in [0.29, 0.717) is 0 Å². The number of hydrogen-bond donors (Lipinski definition) is 2. The van der Waals surface area contributed by atoms with Crippen molar-refractivity contribution in [2.24, 2.45) is 5.73 Å². The van der Waals surface area contributed by atoms with Crippen LogP contribution in [0, 0.1) is 0 Å². The Bertz CT molecular complexity index is 358. The van der Waals surface area contributed by atoms with E-state index in [0.717, 1.165) is 44.1 Å². The molecule has 5 nitrogen and oxygen atoms in total. The van der Waals surface area contributed by atoms with Crippen LogP contribution in [-0.2, 0) is 0 Å². The van der Waals surface area contributed by atoms with Crippen molar-refractivity contribution in [3.63, 3.8) is 0 Å². The molecule has 100 valence electrons. The van der Waals surface area contributed by atoms with Gasteiger partial charge in [-0.1, -0.05) is 0 Å². The molecule has 2 heterocycles. The van der Waals surface area contributed by atoms with Gasteiger partial charge in [0.05, 0.1) is 24.2 Å². The second-order valence-electron chi connectivity index (χ2n) is 4.78. The van der Waals surface area contributed by atoms with Crippen LogP contribution in [-0.4, -0.2) is 54.3 Å². The van der Waals surface area contributed by atoms with Crippen LogP contribution >= 0.6 is 0 Å². The minimum absolute atomic E-state index is 0.0135. The summed E-state index contributed by atoms with van der Waals surface area (Å²) in [5.74, 6) is 0. The normalized spacial score (nSPS) is 18.9. The number of aliphatic hydroxyl groups excluding tert-OH is 1. The minimum Gasteiger partial charge on any atom is -0.395 e. The predicted octanol–water partition coefficient (Wildman–Crippen LogP) is 0.216. The van der Waals surface area contributed by atoms with Gasteiger partial charge in [-0.15, -0.1) is 0 Å². The molecule has 1 aromatic heterocycles. The molecule has 5 heteroatoms. The van der Waals surface area contributed by atoms with Crippen molar-refractivity contribution in [3.8, 4) is 0 Å². The number of rotatable bonds is 4. The quantitative estimate of drug-likeness (QED) is 0.800. The van der Waals surface area contributed by atoms with E-state index >= 15 is 0 Å². The van der Waals surface area contributed by atoms with E-state index < -0.39 is 0 Å². The summed E-state index contributed by atoms with van der Waals surface area (Å²) in [4.78, 5) is 8.99. The second-order valence-corrected chi connectivity index (χ2v) is 4.78. The van der Waals surface area contributed by atoms with Gasteiger partial charge in [0.1, 0.15) is 0 Å². The molecular formula is C13H22N4O. The number of aromatic nitrogens is 1. The highest BCUT2D eigenvalue weighted by atomic mass is 16.3. The largest absolute Gasteiger partial charge is 0.395 e. The maximum Gasteiger partial charge on any atom is 0.0569 e. The lowest BCUT2D eigenvalue weighted by molar-refractivity contribution is 0.189. The molecule has 1 fully saturated rings. The zero-order chi connectivity index (χ0) is 13.0. The molecule has 3 N–H and O–H groups in total. The van der Waals surface area contributed by atoms with Crippen LogP contribution in [0.15, 0.2) is 18.3 Å². The molecule has 0 bridgehead atoms. The lowest BCUT2D eigenvalue weighted by Gasteiger charge is -2.35. The summed E-state index contributed by atoms with van der Waals surface area (Å²) in [7, 11) is 0. The monoisotopic (exact) mass is 250 g/mol. The first-order valence-electron chi connectivity index (χ1n) is 6.50. The number of nitrogens with zero attached hydrogens (tertiary/aromatic N) is 3. The number of hydrogen-bond acceptors (Lipinski definition) is 5. The van der Waals surface area contributed by atoms with Gasteiger partial charge in [-0.3, -0.25) is 9.88 Å². The zero-order valence-corrected chi connectivity index (χ0v) is 10.9. The standard InChI is InChI=1S/C13H22N4O/c1-11(14)13-3-2-12(10-15-13)17-6-4-16(5-7-17)8-9-18/h2-3,10-11,18H,4-9,14H2,1H3/t11-/m0/s1. The third kappa shape index (κ3) is 3.19. The summed E-state index contributed by atoms with van der Waals surface area (Å²) in [6, 6.07) is 4.08. The van der Waals surface area contributed by atoms with Gasteiger partial charge in [0, 0.05) is 38.8 Å². The average molecular weight is 250 g/mol. The Morgan fingerprint density at radius 2 is 2.06 bits per heavy atom. The number of anilines is 1. The van der Waals surface area contributed by atoms with Crippen LogP contribution < -0.4 is 10.6 Å². The van der Waals surface area contributed by atoms with Crippen molar-refractivity contribution in [1.29, 1.82) is 0 Å². The summed E-state index contributed by atoms with van der Waals surface area (Å²) in [6.45, 7) is 6.92. The van der Waals surface area contributed by atoms with E-state index in [1.54, 1.807) is 0 Å². The molecule has 0 aromatic carbocycles. The number of aliphatic hydroxyl groups is 1. The van der Waals surface area contributed by atoms with Gasteiger partial charge in [-0.25, -0.2) is 0 Å². The molecule has 1 aliphatic rings. The smallest absolute Gasteiger partial charge is 0.0569 e. The Labute approximate surface area is 108 Å². The first kappa shape index (κ1) is 13.3. The van der Waals surface area contributed by atoms with Crippen molar-refractivity contribution >= 4 is 5.69 Å². The summed E-state index contributed by atoms with van der Waals surface area (Å²) in [6.07, 6.45) is 1.90. The highest BCUT2D eigenvalue weighted by Crippen LogP contribution is 2.17. The summed E-state index contributed by atoms with van der Waals surface area (Å²) in [5, 5.41) is 8.91. The van der Waals surface area contributed by atoms with Gasteiger partial charge < -0.3 is 15.7 Å². The lowest BCUT2D eigenvalue weighted by atomic mass is 10.2.